The van der Waals surface area contributed by atoms with Crippen LogP contribution >= 0.6 is 11.8 Å². The van der Waals surface area contributed by atoms with Crippen LogP contribution in [0.25, 0.3) is 0 Å². The summed E-state index contributed by atoms with van der Waals surface area (Å²) in [5.41, 5.74) is 2.33. The van der Waals surface area contributed by atoms with Crippen molar-refractivity contribution in [2.24, 2.45) is 5.92 Å². The molecule has 1 aromatic rings. The molecule has 2 fully saturated rings. The zero-order chi connectivity index (χ0) is 17.2. The van der Waals surface area contributed by atoms with Gasteiger partial charge in [-0.15, -0.1) is 0 Å². The molecule has 0 aliphatic carbocycles. The number of benzene rings is 1. The Labute approximate surface area is 151 Å². The lowest BCUT2D eigenvalue weighted by molar-refractivity contribution is 0.0741. The zero-order valence-corrected chi connectivity index (χ0v) is 16.2. The third kappa shape index (κ3) is 4.23. The first-order valence-electron chi connectivity index (χ1n) is 9.42. The summed E-state index contributed by atoms with van der Waals surface area (Å²) in [5.74, 6) is 3.11. The highest BCUT2D eigenvalue weighted by molar-refractivity contribution is 7.99. The minimum Gasteiger partial charge on any atom is -0.300 e. The zero-order valence-electron chi connectivity index (χ0n) is 15.4. The number of piperidine rings is 1. The SMILES string of the molecule is CC(C)(C)c1ccc(C(=O)[C@H]2CCCN(C3CCSCC3)C2)cc1. The van der Waals surface area contributed by atoms with E-state index in [-0.39, 0.29) is 11.3 Å². The molecule has 24 heavy (non-hydrogen) atoms. The number of thioether (sulfide) groups is 1. The quantitative estimate of drug-likeness (QED) is 0.736. The number of hydrogen-bond donors (Lipinski definition) is 0. The average molecular weight is 346 g/mol. The number of carbonyl (C=O) groups excluding carboxylic acids is 1. The Bertz CT molecular complexity index is 554. The molecule has 0 bridgehead atoms. The van der Waals surface area contributed by atoms with Gasteiger partial charge in [-0.25, -0.2) is 0 Å². The van der Waals surface area contributed by atoms with Crippen LogP contribution in [0.1, 0.15) is 62.4 Å². The highest BCUT2D eigenvalue weighted by atomic mass is 32.2. The molecule has 2 aliphatic rings. The van der Waals surface area contributed by atoms with E-state index in [9.17, 15) is 4.79 Å². The Kier molecular flexibility index (Phi) is 5.71. The van der Waals surface area contributed by atoms with Gasteiger partial charge in [-0.05, 0) is 54.7 Å². The first kappa shape index (κ1) is 18.0. The number of carbonyl (C=O) groups is 1. The minimum atomic E-state index is 0.141. The monoisotopic (exact) mass is 345 g/mol. The molecule has 132 valence electrons. The van der Waals surface area contributed by atoms with Crippen molar-refractivity contribution in [3.05, 3.63) is 35.4 Å². The van der Waals surface area contributed by atoms with E-state index in [0.717, 1.165) is 18.5 Å². The molecule has 0 saturated carbocycles. The van der Waals surface area contributed by atoms with Gasteiger partial charge in [-0.2, -0.15) is 11.8 Å². The fourth-order valence-corrected chi connectivity index (χ4v) is 5.05. The summed E-state index contributed by atoms with van der Waals surface area (Å²) in [6, 6.07) is 9.06. The Morgan fingerprint density at radius 2 is 1.75 bits per heavy atom. The molecule has 2 heterocycles. The van der Waals surface area contributed by atoms with Crippen LogP contribution in [0.4, 0.5) is 0 Å². The van der Waals surface area contributed by atoms with E-state index in [1.54, 1.807) is 0 Å². The van der Waals surface area contributed by atoms with Crippen molar-refractivity contribution in [1.29, 1.82) is 0 Å². The van der Waals surface area contributed by atoms with E-state index >= 15 is 0 Å². The molecular formula is C21H31NOS. The predicted octanol–water partition coefficient (Wildman–Crippen LogP) is 4.77. The highest BCUT2D eigenvalue weighted by Gasteiger charge is 2.31. The van der Waals surface area contributed by atoms with Gasteiger partial charge < -0.3 is 0 Å². The first-order chi connectivity index (χ1) is 11.4. The van der Waals surface area contributed by atoms with Crippen molar-refractivity contribution in [2.75, 3.05) is 24.6 Å². The second kappa shape index (κ2) is 7.61. The van der Waals surface area contributed by atoms with Crippen LogP contribution < -0.4 is 0 Å². The Balaban J connectivity index is 1.65. The number of likely N-dealkylation sites (tertiary alicyclic amines) is 1. The maximum atomic E-state index is 13.0. The van der Waals surface area contributed by atoms with E-state index in [1.807, 2.05) is 12.1 Å². The summed E-state index contributed by atoms with van der Waals surface area (Å²) in [6.07, 6.45) is 4.82. The van der Waals surface area contributed by atoms with Gasteiger partial charge in [-0.3, -0.25) is 9.69 Å². The van der Waals surface area contributed by atoms with Crippen LogP contribution in [0.5, 0.6) is 0 Å². The van der Waals surface area contributed by atoms with E-state index < -0.39 is 0 Å². The lowest BCUT2D eigenvalue weighted by atomic mass is 9.84. The van der Waals surface area contributed by atoms with Crippen molar-refractivity contribution in [2.45, 2.75) is 57.9 Å². The van der Waals surface area contributed by atoms with Gasteiger partial charge in [0.25, 0.3) is 0 Å². The molecule has 0 amide bonds. The predicted molar refractivity (Wildman–Crippen MR) is 104 cm³/mol. The topological polar surface area (TPSA) is 20.3 Å². The molecule has 2 aliphatic heterocycles. The van der Waals surface area contributed by atoms with Crippen LogP contribution in [0.2, 0.25) is 0 Å². The molecule has 0 unspecified atom stereocenters. The summed E-state index contributed by atoms with van der Waals surface area (Å²) in [5, 5.41) is 0. The molecule has 2 nitrogen and oxygen atoms in total. The smallest absolute Gasteiger partial charge is 0.167 e. The number of nitrogens with zero attached hydrogens (tertiary/aromatic N) is 1. The summed E-state index contributed by atoms with van der Waals surface area (Å²) in [7, 11) is 0. The van der Waals surface area contributed by atoms with E-state index in [1.165, 1.54) is 42.9 Å². The lowest BCUT2D eigenvalue weighted by Crippen LogP contribution is -2.46. The summed E-state index contributed by atoms with van der Waals surface area (Å²) in [4.78, 5) is 15.6. The summed E-state index contributed by atoms with van der Waals surface area (Å²) >= 11 is 2.08. The molecule has 1 atom stereocenters. The van der Waals surface area contributed by atoms with E-state index in [4.69, 9.17) is 0 Å². The number of ketones is 1. The molecule has 1 aromatic carbocycles. The second-order valence-electron chi connectivity index (χ2n) is 8.37. The van der Waals surface area contributed by atoms with Gasteiger partial charge in [0.1, 0.15) is 0 Å². The number of hydrogen-bond acceptors (Lipinski definition) is 3. The second-order valence-corrected chi connectivity index (χ2v) is 9.59. The Morgan fingerprint density at radius 3 is 2.38 bits per heavy atom. The van der Waals surface area contributed by atoms with Crippen molar-refractivity contribution in [3.8, 4) is 0 Å². The van der Waals surface area contributed by atoms with Gasteiger partial charge in [-0.1, -0.05) is 45.0 Å². The normalized spacial score (nSPS) is 24.0. The molecule has 3 rings (SSSR count). The fraction of sp³-hybridized carbons (Fsp3) is 0.667. The molecule has 0 aromatic heterocycles. The van der Waals surface area contributed by atoms with Crippen molar-refractivity contribution in [3.63, 3.8) is 0 Å². The summed E-state index contributed by atoms with van der Waals surface area (Å²) < 4.78 is 0. The molecule has 3 heteroatoms. The number of Topliss-reactive ketones (excluding diaryl/α,β-unsaturated/α-hetero) is 1. The van der Waals surface area contributed by atoms with Gasteiger partial charge in [0.05, 0.1) is 0 Å². The molecule has 2 saturated heterocycles. The van der Waals surface area contributed by atoms with E-state index in [0.29, 0.717) is 11.8 Å². The largest absolute Gasteiger partial charge is 0.300 e. The first-order valence-corrected chi connectivity index (χ1v) is 10.6. The van der Waals surface area contributed by atoms with Crippen molar-refractivity contribution >= 4 is 17.5 Å². The highest BCUT2D eigenvalue weighted by Crippen LogP contribution is 2.29. The van der Waals surface area contributed by atoms with Crippen molar-refractivity contribution < 1.29 is 4.79 Å². The maximum absolute atomic E-state index is 13.0. The maximum Gasteiger partial charge on any atom is 0.167 e. The standard InChI is InChI=1S/C21H31NOS/c1-21(2,3)18-8-6-16(7-9-18)20(23)17-5-4-12-22(15-17)19-10-13-24-14-11-19/h6-9,17,19H,4-5,10-15H2,1-3H3/t17-/m0/s1. The third-order valence-corrected chi connectivity index (χ3v) is 6.62. The van der Waals surface area contributed by atoms with Gasteiger partial charge in [0.15, 0.2) is 5.78 Å². The number of rotatable bonds is 3. The van der Waals surface area contributed by atoms with Crippen LogP contribution in [0.15, 0.2) is 24.3 Å². The van der Waals surface area contributed by atoms with Crippen LogP contribution in [-0.2, 0) is 5.41 Å². The fourth-order valence-electron chi connectivity index (χ4n) is 3.97. The van der Waals surface area contributed by atoms with Gasteiger partial charge in [0.2, 0.25) is 0 Å². The van der Waals surface area contributed by atoms with Crippen LogP contribution in [0.3, 0.4) is 0 Å². The third-order valence-electron chi connectivity index (χ3n) is 5.57. The molecule has 0 radical (unpaired) electrons. The molecular weight excluding hydrogens is 314 g/mol. The van der Waals surface area contributed by atoms with Crippen LogP contribution in [0, 0.1) is 5.92 Å². The minimum absolute atomic E-state index is 0.141. The van der Waals surface area contributed by atoms with Gasteiger partial charge in [0, 0.05) is 24.1 Å². The Morgan fingerprint density at radius 1 is 1.08 bits per heavy atom. The van der Waals surface area contributed by atoms with Gasteiger partial charge >= 0.3 is 0 Å². The lowest BCUT2D eigenvalue weighted by Gasteiger charge is -2.39. The molecule has 0 N–H and O–H groups in total. The van der Waals surface area contributed by atoms with E-state index in [2.05, 4.69) is 49.6 Å². The Hall–Kier alpha value is -0.800. The van der Waals surface area contributed by atoms with Crippen molar-refractivity contribution in [1.82, 2.24) is 4.90 Å². The summed E-state index contributed by atoms with van der Waals surface area (Å²) in [6.45, 7) is 8.79. The average Bonchev–Trinajstić information content (AvgIpc) is 2.61. The molecule has 0 spiro atoms. The van der Waals surface area contributed by atoms with Crippen LogP contribution in [-0.4, -0.2) is 41.3 Å².